The molecular formula is C27H24BrN3O5. The summed E-state index contributed by atoms with van der Waals surface area (Å²) in [6.45, 7) is 1.89. The Hall–Kier alpha value is -3.69. The third-order valence-corrected chi connectivity index (χ3v) is 7.05. The second-order valence-electron chi connectivity index (χ2n) is 8.72. The molecule has 9 heteroatoms. The number of anilines is 1. The highest BCUT2D eigenvalue weighted by atomic mass is 79.9. The van der Waals surface area contributed by atoms with E-state index in [4.69, 9.17) is 9.47 Å². The van der Waals surface area contributed by atoms with Crippen molar-refractivity contribution in [3.8, 4) is 11.5 Å². The quantitative estimate of drug-likeness (QED) is 0.483. The number of benzene rings is 3. The zero-order valence-electron chi connectivity index (χ0n) is 19.9. The minimum absolute atomic E-state index is 0.378. The van der Waals surface area contributed by atoms with Gasteiger partial charge >= 0.3 is 0 Å². The van der Waals surface area contributed by atoms with Gasteiger partial charge in [-0.1, -0.05) is 34.1 Å². The standard InChI is InChI=1S/C27H24BrN3O5/c1-15-6-4-9-18(12-15)30-26(33)22-23(20-14-19(35-2)10-11-21(20)36-3)29-31(24(22)27(30)34)25(32)16-7-5-8-17(28)13-16/h4-14,22-24,29H,1-3H3/t22-,23+,24-/m1/s1. The van der Waals surface area contributed by atoms with Crippen LogP contribution in [0.1, 0.15) is 27.5 Å². The summed E-state index contributed by atoms with van der Waals surface area (Å²) in [4.78, 5) is 42.5. The van der Waals surface area contributed by atoms with Crippen molar-refractivity contribution < 1.29 is 23.9 Å². The molecule has 5 rings (SSSR count). The molecule has 0 spiro atoms. The van der Waals surface area contributed by atoms with Crippen LogP contribution in [0.3, 0.4) is 0 Å². The maximum absolute atomic E-state index is 13.9. The topological polar surface area (TPSA) is 88.2 Å². The van der Waals surface area contributed by atoms with E-state index < -0.39 is 29.8 Å². The van der Waals surface area contributed by atoms with Gasteiger partial charge in [0, 0.05) is 15.6 Å². The lowest BCUT2D eigenvalue weighted by Gasteiger charge is -2.26. The summed E-state index contributed by atoms with van der Waals surface area (Å²) < 4.78 is 11.7. The number of methoxy groups -OCH3 is 2. The predicted octanol–water partition coefficient (Wildman–Crippen LogP) is 4.03. The molecule has 2 aliphatic heterocycles. The number of hydrogen-bond donors (Lipinski definition) is 1. The summed E-state index contributed by atoms with van der Waals surface area (Å²) in [7, 11) is 3.08. The number of carbonyl (C=O) groups is 3. The van der Waals surface area contributed by atoms with Gasteiger partial charge in [-0.25, -0.2) is 10.3 Å². The fourth-order valence-electron chi connectivity index (χ4n) is 4.90. The molecule has 3 aromatic carbocycles. The van der Waals surface area contributed by atoms with Crippen LogP contribution in [0.5, 0.6) is 11.5 Å². The Morgan fingerprint density at radius 2 is 1.72 bits per heavy atom. The first kappa shape index (κ1) is 24.0. The van der Waals surface area contributed by atoms with Crippen molar-refractivity contribution in [2.24, 2.45) is 5.92 Å². The van der Waals surface area contributed by atoms with Gasteiger partial charge in [-0.2, -0.15) is 0 Å². The van der Waals surface area contributed by atoms with Gasteiger partial charge in [0.15, 0.2) is 0 Å². The van der Waals surface area contributed by atoms with Gasteiger partial charge in [0.1, 0.15) is 17.5 Å². The number of fused-ring (bicyclic) bond motifs is 1. The highest BCUT2D eigenvalue weighted by molar-refractivity contribution is 9.10. The number of hydrogen-bond acceptors (Lipinski definition) is 6. The van der Waals surface area contributed by atoms with Crippen molar-refractivity contribution in [2.75, 3.05) is 19.1 Å². The van der Waals surface area contributed by atoms with Crippen molar-refractivity contribution >= 4 is 39.3 Å². The van der Waals surface area contributed by atoms with Crippen molar-refractivity contribution in [3.63, 3.8) is 0 Å². The van der Waals surface area contributed by atoms with Gasteiger partial charge < -0.3 is 9.47 Å². The number of amides is 3. The molecule has 8 nitrogen and oxygen atoms in total. The van der Waals surface area contributed by atoms with E-state index in [2.05, 4.69) is 21.4 Å². The van der Waals surface area contributed by atoms with Crippen LogP contribution in [0.2, 0.25) is 0 Å². The Labute approximate surface area is 216 Å². The van der Waals surface area contributed by atoms with Gasteiger partial charge in [-0.15, -0.1) is 0 Å². The van der Waals surface area contributed by atoms with E-state index >= 15 is 0 Å². The van der Waals surface area contributed by atoms with Gasteiger partial charge in [0.2, 0.25) is 5.91 Å². The molecule has 184 valence electrons. The molecule has 36 heavy (non-hydrogen) atoms. The molecule has 0 saturated carbocycles. The number of aryl methyl sites for hydroxylation is 1. The lowest BCUT2D eigenvalue weighted by atomic mass is 9.90. The molecular weight excluding hydrogens is 526 g/mol. The third kappa shape index (κ3) is 3.94. The lowest BCUT2D eigenvalue weighted by molar-refractivity contribution is -0.123. The number of nitrogens with one attached hydrogen (secondary N) is 1. The highest BCUT2D eigenvalue weighted by Crippen LogP contribution is 2.45. The molecule has 3 amide bonds. The van der Waals surface area contributed by atoms with E-state index in [0.29, 0.717) is 28.3 Å². The van der Waals surface area contributed by atoms with Gasteiger partial charge in [-0.3, -0.25) is 19.4 Å². The van der Waals surface area contributed by atoms with Crippen LogP contribution in [0.25, 0.3) is 0 Å². The number of ether oxygens (including phenoxy) is 2. The summed E-state index contributed by atoms with van der Waals surface area (Å²) in [5.74, 6) is -1.05. The summed E-state index contributed by atoms with van der Waals surface area (Å²) in [6, 6.07) is 17.6. The molecule has 0 bridgehead atoms. The summed E-state index contributed by atoms with van der Waals surface area (Å²) in [5, 5.41) is 1.28. The van der Waals surface area contributed by atoms with Crippen molar-refractivity contribution in [1.29, 1.82) is 0 Å². The van der Waals surface area contributed by atoms with Crippen LogP contribution < -0.4 is 19.8 Å². The normalized spacial score (nSPS) is 21.1. The van der Waals surface area contributed by atoms with Crippen LogP contribution in [0.4, 0.5) is 5.69 Å². The van der Waals surface area contributed by atoms with Crippen LogP contribution in [-0.2, 0) is 9.59 Å². The van der Waals surface area contributed by atoms with Crippen molar-refractivity contribution in [2.45, 2.75) is 19.0 Å². The second kappa shape index (κ2) is 9.40. The van der Waals surface area contributed by atoms with E-state index in [1.807, 2.05) is 19.1 Å². The van der Waals surface area contributed by atoms with Crippen molar-refractivity contribution in [1.82, 2.24) is 10.4 Å². The third-order valence-electron chi connectivity index (χ3n) is 6.56. The molecule has 2 fully saturated rings. The monoisotopic (exact) mass is 549 g/mol. The Morgan fingerprint density at radius 3 is 2.42 bits per heavy atom. The second-order valence-corrected chi connectivity index (χ2v) is 9.64. The fraction of sp³-hybridized carbons (Fsp3) is 0.222. The van der Waals surface area contributed by atoms with Crippen LogP contribution in [0.15, 0.2) is 71.2 Å². The first-order valence-corrected chi connectivity index (χ1v) is 12.1. The highest BCUT2D eigenvalue weighted by Gasteiger charge is 2.61. The Bertz CT molecular complexity index is 1380. The van der Waals surface area contributed by atoms with Crippen LogP contribution >= 0.6 is 15.9 Å². The SMILES string of the molecule is COc1ccc(OC)c([C@@H]2NN(C(=O)c3cccc(Br)c3)[C@H]3C(=O)N(c4cccc(C)c4)C(=O)[C@H]23)c1. The maximum Gasteiger partial charge on any atom is 0.268 e. The molecule has 2 heterocycles. The largest absolute Gasteiger partial charge is 0.497 e. The molecule has 3 atom stereocenters. The molecule has 0 unspecified atom stereocenters. The molecule has 0 radical (unpaired) electrons. The summed E-state index contributed by atoms with van der Waals surface area (Å²) >= 11 is 3.40. The molecule has 2 saturated heterocycles. The van der Waals surface area contributed by atoms with Crippen LogP contribution in [-0.4, -0.2) is 43.0 Å². The lowest BCUT2D eigenvalue weighted by Crippen LogP contribution is -2.48. The number of carbonyl (C=O) groups excluding carboxylic acids is 3. The first-order valence-electron chi connectivity index (χ1n) is 11.4. The average Bonchev–Trinajstić information content (AvgIpc) is 3.39. The van der Waals surface area contributed by atoms with E-state index in [1.165, 1.54) is 17.0 Å². The Kier molecular flexibility index (Phi) is 6.27. The van der Waals surface area contributed by atoms with E-state index in [9.17, 15) is 14.4 Å². The zero-order chi connectivity index (χ0) is 25.6. The Balaban J connectivity index is 1.63. The fourth-order valence-corrected chi connectivity index (χ4v) is 5.30. The number of halogens is 1. The minimum atomic E-state index is -1.04. The smallest absolute Gasteiger partial charge is 0.268 e. The van der Waals surface area contributed by atoms with Crippen LogP contribution in [0, 0.1) is 12.8 Å². The molecule has 1 N–H and O–H groups in total. The molecule has 0 aliphatic carbocycles. The maximum atomic E-state index is 13.9. The van der Waals surface area contributed by atoms with E-state index in [1.54, 1.807) is 61.7 Å². The molecule has 0 aromatic heterocycles. The summed E-state index contributed by atoms with van der Waals surface area (Å²) in [5.41, 5.74) is 5.54. The predicted molar refractivity (Wildman–Crippen MR) is 137 cm³/mol. The average molecular weight is 550 g/mol. The number of imide groups is 1. The van der Waals surface area contributed by atoms with Gasteiger partial charge in [-0.05, 0) is 61.0 Å². The Morgan fingerprint density at radius 1 is 0.944 bits per heavy atom. The van der Waals surface area contributed by atoms with E-state index in [0.717, 1.165) is 10.0 Å². The van der Waals surface area contributed by atoms with Crippen molar-refractivity contribution in [3.05, 3.63) is 87.9 Å². The first-order chi connectivity index (χ1) is 17.3. The zero-order valence-corrected chi connectivity index (χ0v) is 21.5. The van der Waals surface area contributed by atoms with Gasteiger partial charge in [0.05, 0.1) is 31.9 Å². The minimum Gasteiger partial charge on any atom is -0.497 e. The number of rotatable bonds is 5. The number of hydrazine groups is 1. The number of nitrogens with zero attached hydrogens (tertiary/aromatic N) is 2. The van der Waals surface area contributed by atoms with E-state index in [-0.39, 0.29) is 5.91 Å². The van der Waals surface area contributed by atoms with Gasteiger partial charge in [0.25, 0.3) is 11.8 Å². The molecule has 3 aromatic rings. The summed E-state index contributed by atoms with van der Waals surface area (Å²) in [6.07, 6.45) is 0. The molecule has 2 aliphatic rings.